The average molecular weight is 507 g/mol. The summed E-state index contributed by atoms with van der Waals surface area (Å²) in [6, 6.07) is 19.0. The molecule has 1 aliphatic heterocycles. The SMILES string of the molecule is CC(=O)N1CCC(CCCC(c2cccc(C)c2)c2cn(C3CCCCC3)c3ccccc23)CC1.Cl. The first kappa shape index (κ1) is 26.8. The zero-order valence-electron chi connectivity index (χ0n) is 22.1. The van der Waals surface area contributed by atoms with E-state index in [1.165, 1.54) is 79.0 Å². The highest BCUT2D eigenvalue weighted by Crippen LogP contribution is 2.40. The second kappa shape index (κ2) is 12.3. The summed E-state index contributed by atoms with van der Waals surface area (Å²) in [6.07, 6.45) is 15.3. The highest BCUT2D eigenvalue weighted by Gasteiger charge is 2.25. The predicted octanol–water partition coefficient (Wildman–Crippen LogP) is 8.44. The third-order valence-electron chi connectivity index (χ3n) is 8.72. The van der Waals surface area contributed by atoms with Crippen molar-refractivity contribution in [2.24, 2.45) is 5.92 Å². The van der Waals surface area contributed by atoms with Crippen LogP contribution >= 0.6 is 12.4 Å². The Morgan fingerprint density at radius 2 is 1.72 bits per heavy atom. The molecule has 3 nitrogen and oxygen atoms in total. The van der Waals surface area contributed by atoms with Crippen molar-refractivity contribution in [3.05, 3.63) is 71.4 Å². The lowest BCUT2D eigenvalue weighted by Crippen LogP contribution is -2.36. The van der Waals surface area contributed by atoms with Gasteiger partial charge in [-0.2, -0.15) is 0 Å². The van der Waals surface area contributed by atoms with Gasteiger partial charge in [-0.05, 0) is 62.1 Å². The van der Waals surface area contributed by atoms with Crippen molar-refractivity contribution in [3.63, 3.8) is 0 Å². The molecule has 2 heterocycles. The normalized spacial score (nSPS) is 18.2. The number of benzene rings is 2. The highest BCUT2D eigenvalue weighted by atomic mass is 35.5. The fourth-order valence-electron chi connectivity index (χ4n) is 6.71. The number of likely N-dealkylation sites (tertiary alicyclic amines) is 1. The molecular formula is C32H43ClN2O. The minimum absolute atomic E-state index is 0. The van der Waals surface area contributed by atoms with Gasteiger partial charge in [-0.25, -0.2) is 0 Å². The summed E-state index contributed by atoms with van der Waals surface area (Å²) in [6.45, 7) is 5.80. The topological polar surface area (TPSA) is 25.2 Å². The molecule has 2 fully saturated rings. The molecule has 1 saturated carbocycles. The number of amides is 1. The summed E-state index contributed by atoms with van der Waals surface area (Å²) in [4.78, 5) is 13.7. The molecule has 5 rings (SSSR count). The fourth-order valence-corrected chi connectivity index (χ4v) is 6.71. The molecule has 4 heteroatoms. The Hall–Kier alpha value is -2.26. The number of para-hydroxylation sites is 1. The van der Waals surface area contributed by atoms with E-state index in [1.807, 2.05) is 4.90 Å². The van der Waals surface area contributed by atoms with Gasteiger partial charge in [0, 0.05) is 49.1 Å². The Labute approximate surface area is 223 Å². The summed E-state index contributed by atoms with van der Waals surface area (Å²) in [5.41, 5.74) is 5.75. The van der Waals surface area contributed by atoms with E-state index in [1.54, 1.807) is 6.92 Å². The van der Waals surface area contributed by atoms with Gasteiger partial charge in [0.05, 0.1) is 0 Å². The number of fused-ring (bicyclic) bond motifs is 1. The van der Waals surface area contributed by atoms with Crippen LogP contribution in [0.3, 0.4) is 0 Å². The molecule has 36 heavy (non-hydrogen) atoms. The zero-order valence-corrected chi connectivity index (χ0v) is 22.9. The van der Waals surface area contributed by atoms with E-state index in [0.717, 1.165) is 31.8 Å². The second-order valence-electron chi connectivity index (χ2n) is 11.1. The number of hydrogen-bond acceptors (Lipinski definition) is 1. The van der Waals surface area contributed by atoms with E-state index in [-0.39, 0.29) is 18.3 Å². The molecule has 2 aromatic carbocycles. The molecule has 1 atom stereocenters. The van der Waals surface area contributed by atoms with Crippen molar-refractivity contribution in [3.8, 4) is 0 Å². The number of hydrogen-bond donors (Lipinski definition) is 0. The fraction of sp³-hybridized carbons (Fsp3) is 0.531. The summed E-state index contributed by atoms with van der Waals surface area (Å²) < 4.78 is 2.63. The molecule has 194 valence electrons. The minimum Gasteiger partial charge on any atom is -0.344 e. The predicted molar refractivity (Wildman–Crippen MR) is 153 cm³/mol. The first-order chi connectivity index (χ1) is 17.1. The monoisotopic (exact) mass is 506 g/mol. The molecule has 0 spiro atoms. The van der Waals surface area contributed by atoms with E-state index in [9.17, 15) is 4.79 Å². The summed E-state index contributed by atoms with van der Waals surface area (Å²) >= 11 is 0. The largest absolute Gasteiger partial charge is 0.344 e. The summed E-state index contributed by atoms with van der Waals surface area (Å²) in [7, 11) is 0. The molecule has 1 saturated heterocycles. The van der Waals surface area contributed by atoms with Crippen LogP contribution in [-0.4, -0.2) is 28.5 Å². The number of rotatable bonds is 7. The number of carbonyl (C=O) groups is 1. The van der Waals surface area contributed by atoms with Crippen LogP contribution in [0.4, 0.5) is 0 Å². The molecule has 0 N–H and O–H groups in total. The van der Waals surface area contributed by atoms with Gasteiger partial charge in [-0.15, -0.1) is 12.4 Å². The van der Waals surface area contributed by atoms with Gasteiger partial charge in [-0.1, -0.05) is 80.1 Å². The van der Waals surface area contributed by atoms with Gasteiger partial charge in [-0.3, -0.25) is 4.79 Å². The molecule has 1 unspecified atom stereocenters. The van der Waals surface area contributed by atoms with Gasteiger partial charge >= 0.3 is 0 Å². The number of aromatic nitrogens is 1. The van der Waals surface area contributed by atoms with Crippen molar-refractivity contribution >= 4 is 29.2 Å². The molecule has 3 aromatic rings. The quantitative estimate of drug-likeness (QED) is 0.315. The molecule has 0 radical (unpaired) electrons. The molecule has 1 aliphatic carbocycles. The lowest BCUT2D eigenvalue weighted by atomic mass is 9.84. The first-order valence-corrected chi connectivity index (χ1v) is 14.0. The molecule has 1 amide bonds. The van der Waals surface area contributed by atoms with Crippen LogP contribution in [0.2, 0.25) is 0 Å². The van der Waals surface area contributed by atoms with Crippen molar-refractivity contribution in [1.29, 1.82) is 0 Å². The van der Waals surface area contributed by atoms with E-state index >= 15 is 0 Å². The second-order valence-corrected chi connectivity index (χ2v) is 11.1. The molecule has 2 aliphatic rings. The lowest BCUT2D eigenvalue weighted by molar-refractivity contribution is -0.130. The third kappa shape index (κ3) is 5.99. The maximum Gasteiger partial charge on any atom is 0.219 e. The number of aryl methyl sites for hydroxylation is 1. The standard InChI is InChI=1S/C32H42N2O.ClH/c1-24-10-8-12-27(22-24)29(16-9-11-26-18-20-33(21-19-26)25(2)35)31-23-34(28-13-4-3-5-14-28)32-17-7-6-15-30(31)32;/h6-8,10,12,15,17,22-23,26,28-29H,3-5,9,11,13-14,16,18-21H2,1-2H3;1H. The van der Waals surface area contributed by atoms with Crippen molar-refractivity contribution < 1.29 is 4.79 Å². The van der Waals surface area contributed by atoms with Gasteiger partial charge in [0.15, 0.2) is 0 Å². The van der Waals surface area contributed by atoms with Crippen LogP contribution < -0.4 is 0 Å². The van der Waals surface area contributed by atoms with Gasteiger partial charge in [0.2, 0.25) is 5.91 Å². The Morgan fingerprint density at radius 1 is 0.972 bits per heavy atom. The molecule has 1 aromatic heterocycles. The zero-order chi connectivity index (χ0) is 24.2. The molecular weight excluding hydrogens is 464 g/mol. The van der Waals surface area contributed by atoms with Crippen LogP contribution in [-0.2, 0) is 4.79 Å². The van der Waals surface area contributed by atoms with Crippen LogP contribution in [0.25, 0.3) is 10.9 Å². The van der Waals surface area contributed by atoms with E-state index < -0.39 is 0 Å². The average Bonchev–Trinajstić information content (AvgIpc) is 3.27. The highest BCUT2D eigenvalue weighted by molar-refractivity contribution is 5.85. The Balaban J connectivity index is 0.00000304. The van der Waals surface area contributed by atoms with Crippen LogP contribution in [0.15, 0.2) is 54.7 Å². The van der Waals surface area contributed by atoms with Crippen molar-refractivity contribution in [1.82, 2.24) is 9.47 Å². The van der Waals surface area contributed by atoms with Gasteiger partial charge < -0.3 is 9.47 Å². The lowest BCUT2D eigenvalue weighted by Gasteiger charge is -2.31. The van der Waals surface area contributed by atoms with Crippen molar-refractivity contribution in [2.75, 3.05) is 13.1 Å². The Bertz CT molecular complexity index is 1140. The van der Waals surface area contributed by atoms with Crippen LogP contribution in [0.1, 0.15) is 99.8 Å². The maximum atomic E-state index is 11.7. The number of halogens is 1. The Morgan fingerprint density at radius 3 is 2.44 bits per heavy atom. The van der Waals surface area contributed by atoms with E-state index in [4.69, 9.17) is 0 Å². The summed E-state index contributed by atoms with van der Waals surface area (Å²) in [5.74, 6) is 1.42. The van der Waals surface area contributed by atoms with Crippen molar-refractivity contribution in [2.45, 2.75) is 90.0 Å². The smallest absolute Gasteiger partial charge is 0.219 e. The molecule has 0 bridgehead atoms. The minimum atomic E-state index is 0. The van der Waals surface area contributed by atoms with E-state index in [2.05, 4.69) is 66.2 Å². The Kier molecular flexibility index (Phi) is 9.17. The van der Waals surface area contributed by atoms with Crippen LogP contribution in [0.5, 0.6) is 0 Å². The van der Waals surface area contributed by atoms with Crippen LogP contribution in [0, 0.1) is 12.8 Å². The van der Waals surface area contributed by atoms with Gasteiger partial charge in [0.1, 0.15) is 0 Å². The number of nitrogens with zero attached hydrogens (tertiary/aromatic N) is 2. The van der Waals surface area contributed by atoms with E-state index in [0.29, 0.717) is 12.0 Å². The van der Waals surface area contributed by atoms with Gasteiger partial charge in [0.25, 0.3) is 0 Å². The first-order valence-electron chi connectivity index (χ1n) is 14.0. The maximum absolute atomic E-state index is 11.7. The third-order valence-corrected chi connectivity index (χ3v) is 8.72. The number of piperidine rings is 1. The summed E-state index contributed by atoms with van der Waals surface area (Å²) in [5, 5.41) is 1.44. The number of carbonyl (C=O) groups excluding carboxylic acids is 1.